The lowest BCUT2D eigenvalue weighted by atomic mass is 10.0. The molecule has 1 heterocycles. The summed E-state index contributed by atoms with van der Waals surface area (Å²) >= 11 is 0. The van der Waals surface area contributed by atoms with Crippen LogP contribution in [0.4, 0.5) is 0 Å². The van der Waals surface area contributed by atoms with E-state index in [1.165, 1.54) is 13.0 Å². The van der Waals surface area contributed by atoms with E-state index in [0.29, 0.717) is 6.04 Å². The third-order valence-electron chi connectivity index (χ3n) is 3.67. The van der Waals surface area contributed by atoms with Gasteiger partial charge < -0.3 is 14.5 Å². The maximum Gasteiger partial charge on any atom is 0.248 e. The van der Waals surface area contributed by atoms with E-state index in [2.05, 4.69) is 11.8 Å². The van der Waals surface area contributed by atoms with Gasteiger partial charge in [0.2, 0.25) is 5.91 Å². The van der Waals surface area contributed by atoms with Crippen LogP contribution >= 0.6 is 0 Å². The molecule has 0 spiro atoms. The summed E-state index contributed by atoms with van der Waals surface area (Å²) in [6.07, 6.45) is 3.37. The first-order valence-electron chi connectivity index (χ1n) is 7.45. The van der Waals surface area contributed by atoms with Gasteiger partial charge in [0.05, 0.1) is 5.60 Å². The van der Waals surface area contributed by atoms with Gasteiger partial charge in [-0.3, -0.25) is 4.79 Å². The van der Waals surface area contributed by atoms with Crippen molar-refractivity contribution in [3.8, 4) is 0 Å². The van der Waals surface area contributed by atoms with E-state index in [1.807, 2.05) is 32.7 Å². The van der Waals surface area contributed by atoms with Crippen molar-refractivity contribution < 1.29 is 9.53 Å². The number of rotatable bonds is 5. The summed E-state index contributed by atoms with van der Waals surface area (Å²) in [5, 5.41) is 0. The van der Waals surface area contributed by atoms with Crippen LogP contribution in [-0.2, 0) is 9.53 Å². The van der Waals surface area contributed by atoms with Gasteiger partial charge in [0.1, 0.15) is 6.61 Å². The van der Waals surface area contributed by atoms with Crippen LogP contribution in [0.15, 0.2) is 0 Å². The zero-order valence-electron chi connectivity index (χ0n) is 13.2. The standard InChI is InChI=1S/C15H30N2O2/c1-6-9-17-10-7-13(8-11-17)16(5)14(18)12-19-15(2,3)4/h13H,6-12H2,1-5H3. The van der Waals surface area contributed by atoms with Gasteiger partial charge >= 0.3 is 0 Å². The van der Waals surface area contributed by atoms with Crippen molar-refractivity contribution in [1.82, 2.24) is 9.80 Å². The normalized spacial score (nSPS) is 18.6. The molecular weight excluding hydrogens is 240 g/mol. The van der Waals surface area contributed by atoms with E-state index in [0.717, 1.165) is 25.9 Å². The van der Waals surface area contributed by atoms with Crippen molar-refractivity contribution in [2.45, 2.75) is 58.6 Å². The summed E-state index contributed by atoms with van der Waals surface area (Å²) < 4.78 is 5.56. The summed E-state index contributed by atoms with van der Waals surface area (Å²) in [6.45, 7) is 11.7. The van der Waals surface area contributed by atoms with Crippen molar-refractivity contribution in [2.75, 3.05) is 33.3 Å². The predicted octanol–water partition coefficient (Wildman–Crippen LogP) is 2.13. The maximum absolute atomic E-state index is 12.1. The molecule has 0 saturated carbocycles. The van der Waals surface area contributed by atoms with Crippen molar-refractivity contribution in [3.05, 3.63) is 0 Å². The number of amides is 1. The first-order valence-corrected chi connectivity index (χ1v) is 7.45. The van der Waals surface area contributed by atoms with Crippen molar-refractivity contribution in [2.24, 2.45) is 0 Å². The molecule has 0 aromatic heterocycles. The van der Waals surface area contributed by atoms with Crippen LogP contribution in [0.2, 0.25) is 0 Å². The predicted molar refractivity (Wildman–Crippen MR) is 78.2 cm³/mol. The van der Waals surface area contributed by atoms with Crippen LogP contribution in [0.1, 0.15) is 47.0 Å². The fraction of sp³-hybridized carbons (Fsp3) is 0.933. The minimum atomic E-state index is -0.249. The lowest BCUT2D eigenvalue weighted by Crippen LogP contribution is -2.47. The van der Waals surface area contributed by atoms with Gasteiger partial charge in [0.25, 0.3) is 0 Å². The Balaban J connectivity index is 2.34. The number of ether oxygens (including phenoxy) is 1. The number of hydrogen-bond acceptors (Lipinski definition) is 3. The molecule has 1 fully saturated rings. The monoisotopic (exact) mass is 270 g/mol. The van der Waals surface area contributed by atoms with Crippen LogP contribution in [0.5, 0.6) is 0 Å². The van der Waals surface area contributed by atoms with E-state index in [-0.39, 0.29) is 18.1 Å². The quantitative estimate of drug-likeness (QED) is 0.767. The lowest BCUT2D eigenvalue weighted by molar-refractivity contribution is -0.142. The average molecular weight is 270 g/mol. The third kappa shape index (κ3) is 5.91. The fourth-order valence-corrected chi connectivity index (χ4v) is 2.43. The van der Waals surface area contributed by atoms with E-state index in [9.17, 15) is 4.79 Å². The van der Waals surface area contributed by atoms with E-state index < -0.39 is 0 Å². The molecule has 0 atom stereocenters. The molecule has 4 nitrogen and oxygen atoms in total. The molecule has 112 valence electrons. The summed E-state index contributed by atoms with van der Waals surface area (Å²) in [4.78, 5) is 16.5. The molecule has 0 bridgehead atoms. The van der Waals surface area contributed by atoms with Crippen molar-refractivity contribution >= 4 is 5.91 Å². The Morgan fingerprint density at radius 1 is 1.32 bits per heavy atom. The van der Waals surface area contributed by atoms with E-state index in [1.54, 1.807) is 0 Å². The Morgan fingerprint density at radius 3 is 2.37 bits per heavy atom. The molecule has 19 heavy (non-hydrogen) atoms. The molecule has 0 N–H and O–H groups in total. The number of piperidine rings is 1. The number of nitrogens with zero attached hydrogens (tertiary/aromatic N) is 2. The fourth-order valence-electron chi connectivity index (χ4n) is 2.43. The Kier molecular flexibility index (Phi) is 6.27. The first-order chi connectivity index (χ1) is 8.83. The molecule has 0 radical (unpaired) electrons. The molecule has 4 heteroatoms. The smallest absolute Gasteiger partial charge is 0.248 e. The van der Waals surface area contributed by atoms with Crippen LogP contribution in [0.25, 0.3) is 0 Å². The lowest BCUT2D eigenvalue weighted by Gasteiger charge is -2.37. The van der Waals surface area contributed by atoms with E-state index in [4.69, 9.17) is 4.74 Å². The number of hydrogen-bond donors (Lipinski definition) is 0. The largest absolute Gasteiger partial charge is 0.366 e. The second-order valence-corrected chi connectivity index (χ2v) is 6.48. The highest BCUT2D eigenvalue weighted by Gasteiger charge is 2.25. The highest BCUT2D eigenvalue weighted by molar-refractivity contribution is 5.77. The Hall–Kier alpha value is -0.610. The molecule has 1 amide bonds. The molecule has 0 aromatic carbocycles. The summed E-state index contributed by atoms with van der Waals surface area (Å²) in [5.74, 6) is 0.101. The SMILES string of the molecule is CCCN1CCC(N(C)C(=O)COC(C)(C)C)CC1. The Bertz CT molecular complexity index is 278. The van der Waals surface area contributed by atoms with Gasteiger partial charge in [-0.1, -0.05) is 6.92 Å². The van der Waals surface area contributed by atoms with Gasteiger partial charge in [-0.2, -0.15) is 0 Å². The maximum atomic E-state index is 12.1. The number of likely N-dealkylation sites (tertiary alicyclic amines) is 1. The van der Waals surface area contributed by atoms with Crippen LogP contribution in [-0.4, -0.2) is 60.6 Å². The second-order valence-electron chi connectivity index (χ2n) is 6.48. The molecule has 1 aliphatic rings. The second kappa shape index (κ2) is 7.25. The highest BCUT2D eigenvalue weighted by Crippen LogP contribution is 2.16. The van der Waals surface area contributed by atoms with Crippen LogP contribution in [0.3, 0.4) is 0 Å². The number of carbonyl (C=O) groups is 1. The molecule has 1 saturated heterocycles. The zero-order valence-corrected chi connectivity index (χ0v) is 13.2. The van der Waals surface area contributed by atoms with Gasteiger partial charge in [0.15, 0.2) is 0 Å². The zero-order chi connectivity index (χ0) is 14.5. The van der Waals surface area contributed by atoms with Gasteiger partial charge in [-0.15, -0.1) is 0 Å². The van der Waals surface area contributed by atoms with Crippen molar-refractivity contribution in [1.29, 1.82) is 0 Å². The van der Waals surface area contributed by atoms with Crippen LogP contribution < -0.4 is 0 Å². The minimum Gasteiger partial charge on any atom is -0.366 e. The molecule has 0 aromatic rings. The number of carbonyl (C=O) groups excluding carboxylic acids is 1. The topological polar surface area (TPSA) is 32.8 Å². The first kappa shape index (κ1) is 16.4. The molecule has 0 unspecified atom stereocenters. The number of likely N-dealkylation sites (N-methyl/N-ethyl adjacent to an activating group) is 1. The third-order valence-corrected chi connectivity index (χ3v) is 3.67. The minimum absolute atomic E-state index is 0.101. The van der Waals surface area contributed by atoms with E-state index >= 15 is 0 Å². The summed E-state index contributed by atoms with van der Waals surface area (Å²) in [5.41, 5.74) is -0.249. The Labute approximate surface area is 118 Å². The van der Waals surface area contributed by atoms with Gasteiger partial charge in [-0.25, -0.2) is 0 Å². The van der Waals surface area contributed by atoms with Gasteiger partial charge in [-0.05, 0) is 46.6 Å². The summed E-state index contributed by atoms with van der Waals surface area (Å²) in [6, 6.07) is 0.379. The average Bonchev–Trinajstić information content (AvgIpc) is 2.35. The molecule has 1 rings (SSSR count). The van der Waals surface area contributed by atoms with Gasteiger partial charge in [0, 0.05) is 26.2 Å². The summed E-state index contributed by atoms with van der Waals surface area (Å²) in [7, 11) is 1.91. The molecule has 0 aliphatic carbocycles. The highest BCUT2D eigenvalue weighted by atomic mass is 16.5. The Morgan fingerprint density at radius 2 is 1.89 bits per heavy atom. The van der Waals surface area contributed by atoms with Crippen molar-refractivity contribution in [3.63, 3.8) is 0 Å². The van der Waals surface area contributed by atoms with Crippen LogP contribution in [0, 0.1) is 0 Å². The molecule has 1 aliphatic heterocycles. The molecular formula is C15H30N2O2.